The maximum Gasteiger partial charge on any atom is 0.122 e. The maximum absolute atomic E-state index is 5.46. The molecule has 1 aliphatic rings. The van der Waals surface area contributed by atoms with Crippen molar-refractivity contribution in [1.29, 1.82) is 0 Å². The molecule has 1 unspecified atom stereocenters. The summed E-state index contributed by atoms with van der Waals surface area (Å²) in [5.41, 5.74) is 2.58. The normalized spacial score (nSPS) is 17.6. The van der Waals surface area contributed by atoms with Crippen molar-refractivity contribution >= 4 is 0 Å². The van der Waals surface area contributed by atoms with Crippen LogP contribution >= 0.6 is 0 Å². The van der Waals surface area contributed by atoms with Gasteiger partial charge in [0.15, 0.2) is 0 Å². The monoisotopic (exact) mass is 261 g/mol. The highest BCUT2D eigenvalue weighted by Crippen LogP contribution is 2.34. The van der Waals surface area contributed by atoms with Crippen molar-refractivity contribution in [2.24, 2.45) is 5.92 Å². The lowest BCUT2D eigenvalue weighted by Gasteiger charge is -2.22. The van der Waals surface area contributed by atoms with Gasteiger partial charge in [-0.1, -0.05) is 44.7 Å². The molecule has 1 aromatic carbocycles. The summed E-state index contributed by atoms with van der Waals surface area (Å²) in [5, 5.41) is 3.64. The van der Waals surface area contributed by atoms with Gasteiger partial charge in [0.2, 0.25) is 0 Å². The molecule has 2 heteroatoms. The molecule has 0 heterocycles. The second-order valence-electron chi connectivity index (χ2n) is 5.73. The van der Waals surface area contributed by atoms with Crippen molar-refractivity contribution in [3.63, 3.8) is 0 Å². The van der Waals surface area contributed by atoms with Crippen LogP contribution in [-0.4, -0.2) is 13.7 Å². The van der Waals surface area contributed by atoms with E-state index < -0.39 is 0 Å². The molecule has 1 aromatic rings. The van der Waals surface area contributed by atoms with Gasteiger partial charge in [-0.3, -0.25) is 0 Å². The fourth-order valence-corrected chi connectivity index (χ4v) is 3.22. The molecule has 0 saturated heterocycles. The van der Waals surface area contributed by atoms with E-state index in [1.807, 2.05) is 0 Å². The first-order valence-corrected chi connectivity index (χ1v) is 7.62. The molecule has 0 aliphatic heterocycles. The average Bonchev–Trinajstić information content (AvgIpc) is 2.92. The van der Waals surface area contributed by atoms with E-state index >= 15 is 0 Å². The summed E-state index contributed by atoms with van der Waals surface area (Å²) < 4.78 is 5.46. The van der Waals surface area contributed by atoms with Crippen molar-refractivity contribution in [1.82, 2.24) is 5.32 Å². The minimum Gasteiger partial charge on any atom is -0.496 e. The number of nitrogens with one attached hydrogen (secondary N) is 1. The largest absolute Gasteiger partial charge is 0.496 e. The standard InChI is InChI=1S/C17H27NO/c1-4-18-16(11-14-7-5-6-8-14)15-10-9-13(2)17(12-15)19-3/h9-10,12,14,16,18H,4-8,11H2,1-3H3. The van der Waals surface area contributed by atoms with E-state index in [1.165, 1.54) is 43.2 Å². The average molecular weight is 261 g/mol. The van der Waals surface area contributed by atoms with Gasteiger partial charge in [-0.05, 0) is 43.0 Å². The molecule has 2 rings (SSSR count). The number of benzene rings is 1. The lowest BCUT2D eigenvalue weighted by atomic mass is 9.93. The Morgan fingerprint density at radius 3 is 2.68 bits per heavy atom. The molecule has 1 N–H and O–H groups in total. The smallest absolute Gasteiger partial charge is 0.122 e. The summed E-state index contributed by atoms with van der Waals surface area (Å²) >= 11 is 0. The first-order chi connectivity index (χ1) is 9.24. The van der Waals surface area contributed by atoms with Crippen LogP contribution in [-0.2, 0) is 0 Å². The molecule has 0 amide bonds. The third kappa shape index (κ3) is 3.73. The SMILES string of the molecule is CCNC(CC1CCCC1)c1ccc(C)c(OC)c1. The molecule has 106 valence electrons. The highest BCUT2D eigenvalue weighted by atomic mass is 16.5. The van der Waals surface area contributed by atoms with Crippen LogP contribution in [0, 0.1) is 12.8 Å². The predicted octanol–water partition coefficient (Wildman–Crippen LogP) is 4.23. The third-order valence-corrected chi connectivity index (χ3v) is 4.33. The summed E-state index contributed by atoms with van der Waals surface area (Å²) in [6, 6.07) is 7.10. The van der Waals surface area contributed by atoms with E-state index in [2.05, 4.69) is 37.4 Å². The Kier molecular flexibility index (Phi) is 5.26. The first kappa shape index (κ1) is 14.4. The zero-order valence-electron chi connectivity index (χ0n) is 12.5. The topological polar surface area (TPSA) is 21.3 Å². The van der Waals surface area contributed by atoms with Gasteiger partial charge in [0.1, 0.15) is 5.75 Å². The molecule has 1 aliphatic carbocycles. The number of aryl methyl sites for hydroxylation is 1. The van der Waals surface area contributed by atoms with E-state index in [-0.39, 0.29) is 0 Å². The Morgan fingerprint density at radius 2 is 2.05 bits per heavy atom. The van der Waals surface area contributed by atoms with Crippen LogP contribution in [0.15, 0.2) is 18.2 Å². The Hall–Kier alpha value is -1.02. The van der Waals surface area contributed by atoms with Crippen molar-refractivity contribution in [2.75, 3.05) is 13.7 Å². The lowest BCUT2D eigenvalue weighted by Crippen LogP contribution is -2.23. The van der Waals surface area contributed by atoms with E-state index in [4.69, 9.17) is 4.74 Å². The van der Waals surface area contributed by atoms with Gasteiger partial charge >= 0.3 is 0 Å². The van der Waals surface area contributed by atoms with Crippen molar-refractivity contribution in [2.45, 2.75) is 52.0 Å². The van der Waals surface area contributed by atoms with E-state index in [0.717, 1.165) is 18.2 Å². The number of ether oxygens (including phenoxy) is 1. The highest BCUT2D eigenvalue weighted by Gasteiger charge is 2.21. The predicted molar refractivity (Wildman–Crippen MR) is 80.7 cm³/mol. The van der Waals surface area contributed by atoms with Crippen LogP contribution < -0.4 is 10.1 Å². The number of methoxy groups -OCH3 is 1. The Morgan fingerprint density at radius 1 is 1.32 bits per heavy atom. The Balaban J connectivity index is 2.12. The molecular weight excluding hydrogens is 234 g/mol. The van der Waals surface area contributed by atoms with Gasteiger partial charge in [0, 0.05) is 6.04 Å². The number of rotatable bonds is 6. The van der Waals surface area contributed by atoms with Crippen LogP contribution in [0.25, 0.3) is 0 Å². The van der Waals surface area contributed by atoms with Crippen molar-refractivity contribution in [3.05, 3.63) is 29.3 Å². The molecule has 0 radical (unpaired) electrons. The minimum absolute atomic E-state index is 0.475. The summed E-state index contributed by atoms with van der Waals surface area (Å²) in [4.78, 5) is 0. The van der Waals surface area contributed by atoms with Crippen LogP contribution in [0.5, 0.6) is 5.75 Å². The zero-order valence-corrected chi connectivity index (χ0v) is 12.5. The van der Waals surface area contributed by atoms with Gasteiger partial charge in [-0.15, -0.1) is 0 Å². The fraction of sp³-hybridized carbons (Fsp3) is 0.647. The molecule has 0 spiro atoms. The molecule has 1 saturated carbocycles. The second-order valence-corrected chi connectivity index (χ2v) is 5.73. The summed E-state index contributed by atoms with van der Waals surface area (Å²) in [6.45, 7) is 5.31. The van der Waals surface area contributed by atoms with Crippen LogP contribution in [0.4, 0.5) is 0 Å². The summed E-state index contributed by atoms with van der Waals surface area (Å²) in [5.74, 6) is 1.91. The fourth-order valence-electron chi connectivity index (χ4n) is 3.22. The minimum atomic E-state index is 0.475. The molecule has 0 aromatic heterocycles. The second kappa shape index (κ2) is 6.95. The molecule has 2 nitrogen and oxygen atoms in total. The maximum atomic E-state index is 5.46. The van der Waals surface area contributed by atoms with Crippen LogP contribution in [0.3, 0.4) is 0 Å². The van der Waals surface area contributed by atoms with Crippen molar-refractivity contribution < 1.29 is 4.74 Å². The third-order valence-electron chi connectivity index (χ3n) is 4.33. The molecule has 1 atom stereocenters. The van der Waals surface area contributed by atoms with Gasteiger partial charge in [0.05, 0.1) is 7.11 Å². The molecular formula is C17H27NO. The highest BCUT2D eigenvalue weighted by molar-refractivity contribution is 5.37. The quantitative estimate of drug-likeness (QED) is 0.827. The van der Waals surface area contributed by atoms with Gasteiger partial charge in [-0.25, -0.2) is 0 Å². The van der Waals surface area contributed by atoms with E-state index in [9.17, 15) is 0 Å². The molecule has 19 heavy (non-hydrogen) atoms. The van der Waals surface area contributed by atoms with Gasteiger partial charge in [-0.2, -0.15) is 0 Å². The number of hydrogen-bond donors (Lipinski definition) is 1. The molecule has 0 bridgehead atoms. The van der Waals surface area contributed by atoms with Gasteiger partial charge in [0.25, 0.3) is 0 Å². The number of hydrogen-bond acceptors (Lipinski definition) is 2. The van der Waals surface area contributed by atoms with Crippen molar-refractivity contribution in [3.8, 4) is 5.75 Å². The van der Waals surface area contributed by atoms with Crippen LogP contribution in [0.1, 0.15) is 56.2 Å². The van der Waals surface area contributed by atoms with Gasteiger partial charge < -0.3 is 10.1 Å². The summed E-state index contributed by atoms with van der Waals surface area (Å²) in [6.07, 6.45) is 6.91. The lowest BCUT2D eigenvalue weighted by molar-refractivity contribution is 0.392. The van der Waals surface area contributed by atoms with E-state index in [0.29, 0.717) is 6.04 Å². The summed E-state index contributed by atoms with van der Waals surface area (Å²) in [7, 11) is 1.76. The zero-order chi connectivity index (χ0) is 13.7. The van der Waals surface area contributed by atoms with Crippen LogP contribution in [0.2, 0.25) is 0 Å². The first-order valence-electron chi connectivity index (χ1n) is 7.62. The Labute approximate surface area is 117 Å². The Bertz CT molecular complexity index is 396. The van der Waals surface area contributed by atoms with E-state index in [1.54, 1.807) is 7.11 Å². The molecule has 1 fully saturated rings.